The minimum atomic E-state index is -0.522. The van der Waals surface area contributed by atoms with E-state index in [1.807, 2.05) is 24.3 Å². The summed E-state index contributed by atoms with van der Waals surface area (Å²) in [5.74, 6) is 0.688. The van der Waals surface area contributed by atoms with Gasteiger partial charge in [0.15, 0.2) is 0 Å². The summed E-state index contributed by atoms with van der Waals surface area (Å²) in [5.41, 5.74) is 1.14. The van der Waals surface area contributed by atoms with E-state index in [2.05, 4.69) is 5.32 Å². The van der Waals surface area contributed by atoms with E-state index in [1.165, 1.54) is 11.0 Å². The molecular formula is C16H15FN2O2. The fourth-order valence-electron chi connectivity index (χ4n) is 2.64. The van der Waals surface area contributed by atoms with E-state index in [-0.39, 0.29) is 11.8 Å². The average Bonchev–Trinajstić information content (AvgIpc) is 2.51. The Balaban J connectivity index is 2.20. The van der Waals surface area contributed by atoms with Gasteiger partial charge in [0.05, 0.1) is 11.6 Å². The van der Waals surface area contributed by atoms with Gasteiger partial charge in [0, 0.05) is 19.7 Å². The van der Waals surface area contributed by atoms with Gasteiger partial charge in [-0.2, -0.15) is 0 Å². The Labute approximate surface area is 122 Å². The number of amides is 2. The maximum absolute atomic E-state index is 14.3. The van der Waals surface area contributed by atoms with Gasteiger partial charge in [-0.3, -0.25) is 0 Å². The number of ether oxygens (including phenoxy) is 1. The Hall–Kier alpha value is -2.56. The summed E-state index contributed by atoms with van der Waals surface area (Å²) in [6.07, 6.45) is 0. The maximum Gasteiger partial charge on any atom is 0.317 e. The van der Waals surface area contributed by atoms with E-state index in [1.54, 1.807) is 26.2 Å². The second-order valence-corrected chi connectivity index (χ2v) is 4.86. The monoisotopic (exact) mass is 286 g/mol. The number of hydrogen-bond donors (Lipinski definition) is 1. The van der Waals surface area contributed by atoms with Gasteiger partial charge in [-0.05, 0) is 18.2 Å². The molecule has 3 rings (SSSR count). The summed E-state index contributed by atoms with van der Waals surface area (Å²) in [7, 11) is 3.19. The highest BCUT2D eigenvalue weighted by Crippen LogP contribution is 2.46. The lowest BCUT2D eigenvalue weighted by molar-refractivity contribution is 0.196. The molecule has 0 aliphatic carbocycles. The molecule has 1 N–H and O–H groups in total. The number of rotatable bonds is 1. The molecule has 0 saturated carbocycles. The zero-order valence-corrected chi connectivity index (χ0v) is 11.8. The van der Waals surface area contributed by atoms with Crippen LogP contribution in [0.25, 0.3) is 0 Å². The smallest absolute Gasteiger partial charge is 0.317 e. The van der Waals surface area contributed by atoms with Crippen molar-refractivity contribution in [1.82, 2.24) is 10.2 Å². The molecule has 1 heterocycles. The molecule has 4 nitrogen and oxygen atoms in total. The average molecular weight is 286 g/mol. The van der Waals surface area contributed by atoms with Crippen LogP contribution in [0.4, 0.5) is 9.18 Å². The normalized spacial score (nSPS) is 15.5. The zero-order chi connectivity index (χ0) is 15.0. The first kappa shape index (κ1) is 13.4. The van der Waals surface area contributed by atoms with Crippen molar-refractivity contribution in [3.05, 3.63) is 59.4 Å². The second kappa shape index (κ2) is 5.09. The second-order valence-electron chi connectivity index (χ2n) is 4.86. The van der Waals surface area contributed by atoms with Gasteiger partial charge >= 0.3 is 6.03 Å². The number of benzene rings is 2. The van der Waals surface area contributed by atoms with Crippen LogP contribution in [-0.2, 0) is 0 Å². The van der Waals surface area contributed by atoms with Gasteiger partial charge < -0.3 is 15.0 Å². The number of para-hydroxylation sites is 1. The number of halogens is 1. The van der Waals surface area contributed by atoms with Crippen LogP contribution in [0.15, 0.2) is 42.5 Å². The molecule has 2 aromatic rings. The number of nitrogens with zero attached hydrogens (tertiary/aromatic N) is 1. The van der Waals surface area contributed by atoms with Crippen LogP contribution in [0.2, 0.25) is 0 Å². The van der Waals surface area contributed by atoms with Crippen LogP contribution < -0.4 is 10.1 Å². The predicted molar refractivity (Wildman–Crippen MR) is 77.0 cm³/mol. The highest BCUT2D eigenvalue weighted by Gasteiger charge is 2.34. The van der Waals surface area contributed by atoms with Crippen LogP contribution >= 0.6 is 0 Å². The lowest BCUT2D eigenvalue weighted by Gasteiger charge is -2.34. The standard InChI is InChI=1S/C16H15FN2O2/c1-18-16(20)19(2)15-10-6-3-4-8-12(10)21-13-9-5-7-11(17)14(13)15/h3-9,15H,1-2H3,(H,18,20). The molecule has 1 atom stereocenters. The van der Waals surface area contributed by atoms with Crippen LogP contribution in [0, 0.1) is 5.82 Å². The SMILES string of the molecule is CNC(=O)N(C)C1c2ccccc2Oc2cccc(F)c21. The van der Waals surface area contributed by atoms with Crippen molar-refractivity contribution >= 4 is 6.03 Å². The molecule has 1 aliphatic heterocycles. The minimum Gasteiger partial charge on any atom is -0.456 e. The third-order valence-electron chi connectivity index (χ3n) is 3.64. The molecule has 0 aromatic heterocycles. The van der Waals surface area contributed by atoms with E-state index in [4.69, 9.17) is 4.74 Å². The molecule has 0 bridgehead atoms. The van der Waals surface area contributed by atoms with Crippen molar-refractivity contribution in [3.63, 3.8) is 0 Å². The summed E-state index contributed by atoms with van der Waals surface area (Å²) >= 11 is 0. The van der Waals surface area contributed by atoms with Crippen LogP contribution in [0.5, 0.6) is 11.5 Å². The summed E-state index contributed by atoms with van der Waals surface area (Å²) in [6, 6.07) is 11.2. The third-order valence-corrected chi connectivity index (χ3v) is 3.64. The van der Waals surface area contributed by atoms with Gasteiger partial charge in [0.2, 0.25) is 0 Å². The van der Waals surface area contributed by atoms with Gasteiger partial charge in [-0.25, -0.2) is 9.18 Å². The summed E-state index contributed by atoms with van der Waals surface area (Å²) < 4.78 is 20.1. The maximum atomic E-state index is 14.3. The summed E-state index contributed by atoms with van der Waals surface area (Å²) in [6.45, 7) is 0. The molecule has 1 aliphatic rings. The quantitative estimate of drug-likeness (QED) is 0.874. The van der Waals surface area contributed by atoms with Crippen LogP contribution in [-0.4, -0.2) is 25.0 Å². The third kappa shape index (κ3) is 2.11. The van der Waals surface area contributed by atoms with Crippen molar-refractivity contribution in [3.8, 4) is 11.5 Å². The predicted octanol–water partition coefficient (Wildman–Crippen LogP) is 3.29. The van der Waals surface area contributed by atoms with Gasteiger partial charge in [0.1, 0.15) is 17.3 Å². The summed E-state index contributed by atoms with van der Waals surface area (Å²) in [4.78, 5) is 13.5. The Morgan fingerprint density at radius 2 is 1.90 bits per heavy atom. The van der Waals surface area contributed by atoms with Crippen molar-refractivity contribution in [2.24, 2.45) is 0 Å². The number of hydrogen-bond acceptors (Lipinski definition) is 2. The van der Waals surface area contributed by atoms with E-state index >= 15 is 0 Å². The largest absolute Gasteiger partial charge is 0.456 e. The molecule has 2 aromatic carbocycles. The van der Waals surface area contributed by atoms with Gasteiger partial charge in [0.25, 0.3) is 0 Å². The van der Waals surface area contributed by atoms with Crippen molar-refractivity contribution < 1.29 is 13.9 Å². The van der Waals surface area contributed by atoms with E-state index in [0.717, 1.165) is 5.56 Å². The molecule has 2 amide bonds. The first-order valence-electron chi connectivity index (χ1n) is 6.63. The Kier molecular flexibility index (Phi) is 3.25. The van der Waals surface area contributed by atoms with Crippen molar-refractivity contribution in [1.29, 1.82) is 0 Å². The number of carbonyl (C=O) groups is 1. The fourth-order valence-corrected chi connectivity index (χ4v) is 2.64. The van der Waals surface area contributed by atoms with E-state index in [0.29, 0.717) is 17.1 Å². The fraction of sp³-hybridized carbons (Fsp3) is 0.188. The molecular weight excluding hydrogens is 271 g/mol. The van der Waals surface area contributed by atoms with Crippen LogP contribution in [0.1, 0.15) is 17.2 Å². The van der Waals surface area contributed by atoms with Crippen molar-refractivity contribution in [2.45, 2.75) is 6.04 Å². The minimum absolute atomic E-state index is 0.286. The lowest BCUT2D eigenvalue weighted by atomic mass is 9.93. The highest BCUT2D eigenvalue weighted by molar-refractivity contribution is 5.75. The van der Waals surface area contributed by atoms with Crippen LogP contribution in [0.3, 0.4) is 0 Å². The molecule has 5 heteroatoms. The Morgan fingerprint density at radius 1 is 1.19 bits per heavy atom. The number of fused-ring (bicyclic) bond motifs is 2. The number of urea groups is 1. The van der Waals surface area contributed by atoms with E-state index < -0.39 is 6.04 Å². The number of nitrogens with one attached hydrogen (secondary N) is 1. The first-order valence-corrected chi connectivity index (χ1v) is 6.63. The lowest BCUT2D eigenvalue weighted by Crippen LogP contribution is -2.39. The van der Waals surface area contributed by atoms with Crippen molar-refractivity contribution in [2.75, 3.05) is 14.1 Å². The molecule has 21 heavy (non-hydrogen) atoms. The molecule has 108 valence electrons. The Morgan fingerprint density at radius 3 is 2.67 bits per heavy atom. The Bertz CT molecular complexity index is 702. The molecule has 0 radical (unpaired) electrons. The zero-order valence-electron chi connectivity index (χ0n) is 11.8. The van der Waals surface area contributed by atoms with Gasteiger partial charge in [-0.15, -0.1) is 0 Å². The highest BCUT2D eigenvalue weighted by atomic mass is 19.1. The molecule has 0 saturated heterocycles. The first-order chi connectivity index (χ1) is 10.1. The summed E-state index contributed by atoms with van der Waals surface area (Å²) in [5, 5.41) is 2.57. The van der Waals surface area contributed by atoms with Gasteiger partial charge in [-0.1, -0.05) is 24.3 Å². The molecule has 0 fully saturated rings. The molecule has 0 spiro atoms. The topological polar surface area (TPSA) is 41.6 Å². The number of carbonyl (C=O) groups excluding carboxylic acids is 1. The van der Waals surface area contributed by atoms with E-state index in [9.17, 15) is 9.18 Å². The molecule has 1 unspecified atom stereocenters.